The molecule has 22 heavy (non-hydrogen) atoms. The van der Waals surface area contributed by atoms with Crippen LogP contribution in [0.4, 0.5) is 0 Å². The van der Waals surface area contributed by atoms with Crippen LogP contribution >= 0.6 is 0 Å². The zero-order valence-corrected chi connectivity index (χ0v) is 15.5. The van der Waals surface area contributed by atoms with Crippen molar-refractivity contribution >= 4 is 0 Å². The molecule has 0 aromatic carbocycles. The Morgan fingerprint density at radius 2 is 1.45 bits per heavy atom. The van der Waals surface area contributed by atoms with Crippen LogP contribution in [0.25, 0.3) is 0 Å². The van der Waals surface area contributed by atoms with Crippen molar-refractivity contribution in [2.75, 3.05) is 32.7 Å². The normalized spacial score (nSPS) is 33.0. The predicted molar refractivity (Wildman–Crippen MR) is 94.3 cm³/mol. The molecule has 0 saturated carbocycles. The van der Waals surface area contributed by atoms with E-state index in [2.05, 4.69) is 49.3 Å². The highest BCUT2D eigenvalue weighted by Crippen LogP contribution is 2.35. The van der Waals surface area contributed by atoms with Crippen LogP contribution in [0.5, 0.6) is 0 Å². The lowest BCUT2D eigenvalue weighted by Crippen LogP contribution is -2.59. The van der Waals surface area contributed by atoms with Gasteiger partial charge in [-0.3, -0.25) is 9.80 Å². The van der Waals surface area contributed by atoms with Gasteiger partial charge in [0, 0.05) is 43.3 Å². The molecule has 0 radical (unpaired) electrons. The Labute approximate surface area is 138 Å². The molecule has 3 heterocycles. The number of hydrogen-bond acceptors (Lipinski definition) is 3. The fraction of sp³-hybridized carbons (Fsp3) is 1.00. The summed E-state index contributed by atoms with van der Waals surface area (Å²) in [5, 5.41) is 0. The van der Waals surface area contributed by atoms with Crippen molar-refractivity contribution in [1.82, 2.24) is 14.7 Å². The van der Waals surface area contributed by atoms with E-state index in [1.165, 1.54) is 58.4 Å². The molecule has 3 rings (SSSR count). The van der Waals surface area contributed by atoms with Crippen molar-refractivity contribution in [1.29, 1.82) is 0 Å². The van der Waals surface area contributed by atoms with E-state index in [9.17, 15) is 0 Å². The van der Waals surface area contributed by atoms with Gasteiger partial charge in [0.05, 0.1) is 0 Å². The minimum atomic E-state index is 0.343. The maximum atomic E-state index is 2.90. The smallest absolute Gasteiger partial charge is 0.0227 e. The second-order valence-corrected chi connectivity index (χ2v) is 9.23. The molecule has 3 fully saturated rings. The van der Waals surface area contributed by atoms with E-state index in [1.807, 2.05) is 0 Å². The van der Waals surface area contributed by atoms with Crippen LogP contribution in [0.2, 0.25) is 0 Å². The van der Waals surface area contributed by atoms with Crippen LogP contribution in [0, 0.1) is 5.92 Å². The van der Waals surface area contributed by atoms with Crippen molar-refractivity contribution in [3.05, 3.63) is 0 Å². The van der Waals surface area contributed by atoms with E-state index in [0.717, 1.165) is 24.0 Å². The van der Waals surface area contributed by atoms with Gasteiger partial charge >= 0.3 is 0 Å². The van der Waals surface area contributed by atoms with Gasteiger partial charge in [-0.05, 0) is 79.3 Å². The lowest BCUT2D eigenvalue weighted by atomic mass is 9.94. The molecule has 128 valence electrons. The summed E-state index contributed by atoms with van der Waals surface area (Å²) in [7, 11) is 0. The molecule has 0 aromatic rings. The van der Waals surface area contributed by atoms with Gasteiger partial charge < -0.3 is 4.90 Å². The molecule has 0 aromatic heterocycles. The molecule has 3 aliphatic heterocycles. The van der Waals surface area contributed by atoms with Gasteiger partial charge in [-0.2, -0.15) is 0 Å². The molecule has 2 atom stereocenters. The summed E-state index contributed by atoms with van der Waals surface area (Å²) in [6, 6.07) is 2.40. The molecule has 3 saturated heterocycles. The maximum absolute atomic E-state index is 2.90. The molecular formula is C19H37N3. The third-order valence-electron chi connectivity index (χ3n) is 6.43. The van der Waals surface area contributed by atoms with Crippen LogP contribution in [0.15, 0.2) is 0 Å². The third-order valence-corrected chi connectivity index (χ3v) is 6.43. The van der Waals surface area contributed by atoms with E-state index in [0.29, 0.717) is 5.54 Å². The number of fused-ring (bicyclic) bond motifs is 2. The highest BCUT2D eigenvalue weighted by molar-refractivity contribution is 4.99. The van der Waals surface area contributed by atoms with Crippen molar-refractivity contribution < 1.29 is 0 Å². The van der Waals surface area contributed by atoms with Gasteiger partial charge in [0.15, 0.2) is 0 Å². The number of rotatable bonds is 3. The molecule has 3 heteroatoms. The largest absolute Gasteiger partial charge is 0.301 e. The second-order valence-electron chi connectivity index (χ2n) is 9.23. The van der Waals surface area contributed by atoms with Gasteiger partial charge in [-0.15, -0.1) is 0 Å². The topological polar surface area (TPSA) is 9.72 Å². The molecule has 2 bridgehead atoms. The summed E-state index contributed by atoms with van der Waals surface area (Å²) in [4.78, 5) is 8.29. The van der Waals surface area contributed by atoms with Gasteiger partial charge in [0.25, 0.3) is 0 Å². The summed E-state index contributed by atoms with van der Waals surface area (Å²) in [6.45, 7) is 18.4. The quantitative estimate of drug-likeness (QED) is 0.793. The Morgan fingerprint density at radius 3 is 1.91 bits per heavy atom. The van der Waals surface area contributed by atoms with E-state index < -0.39 is 0 Å². The molecule has 0 amide bonds. The predicted octanol–water partition coefficient (Wildman–Crippen LogP) is 3.05. The molecule has 2 unspecified atom stereocenters. The Morgan fingerprint density at radius 1 is 0.909 bits per heavy atom. The van der Waals surface area contributed by atoms with Gasteiger partial charge in [0.2, 0.25) is 0 Å². The Balaban J connectivity index is 1.53. The molecule has 0 N–H and O–H groups in total. The first-order valence-electron chi connectivity index (χ1n) is 9.59. The number of hydrogen-bond donors (Lipinski definition) is 0. The summed E-state index contributed by atoms with van der Waals surface area (Å²) in [6.07, 6.45) is 5.69. The van der Waals surface area contributed by atoms with Gasteiger partial charge in [-0.25, -0.2) is 0 Å². The standard InChI is InChI=1S/C19H37N3/c1-15(2)20-10-8-16(9-11-20)12-22-17-6-7-18(22)14-21(13-17)19(3,4)5/h15-18H,6-14H2,1-5H3. The zero-order valence-electron chi connectivity index (χ0n) is 15.5. The first-order chi connectivity index (χ1) is 10.3. The van der Waals surface area contributed by atoms with E-state index in [4.69, 9.17) is 0 Å². The number of likely N-dealkylation sites (tertiary alicyclic amines) is 2. The maximum Gasteiger partial charge on any atom is 0.0227 e. The van der Waals surface area contributed by atoms with Crippen molar-refractivity contribution in [2.45, 2.75) is 84.0 Å². The fourth-order valence-corrected chi connectivity index (χ4v) is 4.79. The van der Waals surface area contributed by atoms with E-state index >= 15 is 0 Å². The van der Waals surface area contributed by atoms with Crippen LogP contribution < -0.4 is 0 Å². The van der Waals surface area contributed by atoms with Crippen LogP contribution in [-0.2, 0) is 0 Å². The average molecular weight is 308 g/mol. The Kier molecular flexibility index (Phi) is 4.87. The molecule has 3 nitrogen and oxygen atoms in total. The molecular weight excluding hydrogens is 270 g/mol. The lowest BCUT2D eigenvalue weighted by molar-refractivity contribution is 0.00171. The minimum absolute atomic E-state index is 0.343. The zero-order chi connectivity index (χ0) is 15.9. The third kappa shape index (κ3) is 3.52. The summed E-state index contributed by atoms with van der Waals surface area (Å²) in [5.74, 6) is 0.944. The first kappa shape index (κ1) is 16.7. The summed E-state index contributed by atoms with van der Waals surface area (Å²) in [5.41, 5.74) is 0.343. The summed E-state index contributed by atoms with van der Waals surface area (Å²) < 4.78 is 0. The van der Waals surface area contributed by atoms with Crippen molar-refractivity contribution in [3.63, 3.8) is 0 Å². The Hall–Kier alpha value is -0.120. The average Bonchev–Trinajstić information content (AvgIpc) is 2.69. The van der Waals surface area contributed by atoms with Crippen LogP contribution in [-0.4, -0.2) is 71.1 Å². The highest BCUT2D eigenvalue weighted by atomic mass is 15.3. The van der Waals surface area contributed by atoms with E-state index in [1.54, 1.807) is 0 Å². The van der Waals surface area contributed by atoms with Gasteiger partial charge in [-0.1, -0.05) is 0 Å². The molecule has 3 aliphatic rings. The molecule has 0 spiro atoms. The van der Waals surface area contributed by atoms with Crippen LogP contribution in [0.1, 0.15) is 60.3 Å². The lowest BCUT2D eigenvalue weighted by Gasteiger charge is -2.48. The fourth-order valence-electron chi connectivity index (χ4n) is 4.79. The molecule has 0 aliphatic carbocycles. The second kappa shape index (κ2) is 6.41. The van der Waals surface area contributed by atoms with Gasteiger partial charge in [0.1, 0.15) is 0 Å². The highest BCUT2D eigenvalue weighted by Gasteiger charge is 2.43. The minimum Gasteiger partial charge on any atom is -0.301 e. The number of nitrogens with zero attached hydrogens (tertiary/aromatic N) is 3. The van der Waals surface area contributed by atoms with Crippen molar-refractivity contribution in [3.8, 4) is 0 Å². The van der Waals surface area contributed by atoms with Crippen LogP contribution in [0.3, 0.4) is 0 Å². The SMILES string of the molecule is CC(C)N1CCC(CN2C3CCC2CN(C(C)(C)C)C3)CC1. The van der Waals surface area contributed by atoms with E-state index in [-0.39, 0.29) is 0 Å². The Bertz CT molecular complexity index is 351. The first-order valence-corrected chi connectivity index (χ1v) is 9.59. The van der Waals surface area contributed by atoms with Crippen molar-refractivity contribution in [2.24, 2.45) is 5.92 Å². The number of piperidine rings is 1. The number of piperazine rings is 1. The summed E-state index contributed by atoms with van der Waals surface area (Å²) >= 11 is 0. The monoisotopic (exact) mass is 307 g/mol.